The fourth-order valence-electron chi connectivity index (χ4n) is 2.69. The van der Waals surface area contributed by atoms with Gasteiger partial charge in [-0.3, -0.25) is 4.79 Å². The summed E-state index contributed by atoms with van der Waals surface area (Å²) in [5, 5.41) is 12.5. The molecule has 2 aromatic rings. The summed E-state index contributed by atoms with van der Waals surface area (Å²) in [5.41, 5.74) is 0.538. The first-order chi connectivity index (χ1) is 12.7. The third-order valence-electron chi connectivity index (χ3n) is 4.09. The van der Waals surface area contributed by atoms with E-state index < -0.39 is 5.91 Å². The lowest BCUT2D eigenvalue weighted by molar-refractivity contribution is -0.112. The van der Waals surface area contributed by atoms with Crippen molar-refractivity contribution in [2.75, 3.05) is 36.4 Å². The van der Waals surface area contributed by atoms with Gasteiger partial charge in [0.2, 0.25) is 0 Å². The lowest BCUT2D eigenvalue weighted by Crippen LogP contribution is -2.44. The number of amides is 1. The number of nitriles is 1. The zero-order valence-corrected chi connectivity index (χ0v) is 14.9. The van der Waals surface area contributed by atoms with Crippen LogP contribution in [0.4, 0.5) is 11.5 Å². The van der Waals surface area contributed by atoms with Gasteiger partial charge >= 0.3 is 0 Å². The van der Waals surface area contributed by atoms with Crippen molar-refractivity contribution in [1.82, 2.24) is 9.88 Å². The second-order valence-electron chi connectivity index (χ2n) is 5.80. The van der Waals surface area contributed by atoms with E-state index in [2.05, 4.69) is 15.2 Å². The first-order valence-electron chi connectivity index (χ1n) is 8.25. The Morgan fingerprint density at radius 1 is 1.15 bits per heavy atom. The topological polar surface area (TPSA) is 72.3 Å². The Hall–Kier alpha value is -3.04. The van der Waals surface area contributed by atoms with E-state index in [1.54, 1.807) is 36.7 Å². The van der Waals surface area contributed by atoms with Crippen molar-refractivity contribution in [2.24, 2.45) is 0 Å². The van der Waals surface area contributed by atoms with Gasteiger partial charge in [-0.2, -0.15) is 5.26 Å². The molecule has 0 aliphatic carbocycles. The van der Waals surface area contributed by atoms with Gasteiger partial charge in [0, 0.05) is 38.6 Å². The van der Waals surface area contributed by atoms with Crippen molar-refractivity contribution >= 4 is 29.0 Å². The molecule has 0 bridgehead atoms. The van der Waals surface area contributed by atoms with Crippen molar-refractivity contribution in [1.29, 1.82) is 5.26 Å². The minimum atomic E-state index is -0.465. The average molecular weight is 368 g/mol. The van der Waals surface area contributed by atoms with Crippen LogP contribution in [0.3, 0.4) is 0 Å². The monoisotopic (exact) mass is 367 g/mol. The van der Waals surface area contributed by atoms with E-state index >= 15 is 0 Å². The number of carbonyl (C=O) groups excluding carboxylic acids is 1. The number of hydrogen-bond acceptors (Lipinski definition) is 5. The summed E-state index contributed by atoms with van der Waals surface area (Å²) in [5.74, 6) is 0.473. The summed E-state index contributed by atoms with van der Waals surface area (Å²) >= 11 is 6.04. The number of aromatic nitrogens is 1. The third kappa shape index (κ3) is 4.32. The molecule has 1 aromatic carbocycles. The molecule has 1 aromatic heterocycles. The lowest BCUT2D eigenvalue weighted by atomic mass is 10.2. The Morgan fingerprint density at radius 2 is 1.88 bits per heavy atom. The minimum absolute atomic E-state index is 0.0520. The molecule has 3 rings (SSSR count). The molecule has 1 saturated heterocycles. The molecule has 1 fully saturated rings. The predicted octanol–water partition coefficient (Wildman–Crippen LogP) is 2.90. The van der Waals surface area contributed by atoms with Gasteiger partial charge < -0.3 is 15.1 Å². The quantitative estimate of drug-likeness (QED) is 0.664. The van der Waals surface area contributed by atoms with Crippen molar-refractivity contribution in [3.05, 3.63) is 65.5 Å². The highest BCUT2D eigenvalue weighted by molar-refractivity contribution is 6.33. The molecular weight excluding hydrogens is 350 g/mol. The molecule has 0 radical (unpaired) electrons. The molecule has 6 nitrogen and oxygen atoms in total. The number of benzene rings is 1. The fourth-order valence-corrected chi connectivity index (χ4v) is 2.88. The molecule has 26 heavy (non-hydrogen) atoms. The average Bonchev–Trinajstić information content (AvgIpc) is 2.69. The smallest absolute Gasteiger partial charge is 0.267 e. The van der Waals surface area contributed by atoms with Crippen molar-refractivity contribution in [2.45, 2.75) is 0 Å². The summed E-state index contributed by atoms with van der Waals surface area (Å²) in [6.07, 6.45) is 3.39. The van der Waals surface area contributed by atoms with E-state index in [9.17, 15) is 10.1 Å². The van der Waals surface area contributed by atoms with Gasteiger partial charge in [0.25, 0.3) is 5.91 Å². The van der Waals surface area contributed by atoms with Crippen LogP contribution in [0.15, 0.2) is 60.4 Å². The molecule has 1 amide bonds. The van der Waals surface area contributed by atoms with E-state index in [0.717, 1.165) is 18.9 Å². The van der Waals surface area contributed by atoms with Gasteiger partial charge in [0.1, 0.15) is 17.5 Å². The highest BCUT2D eigenvalue weighted by Gasteiger charge is 2.18. The highest BCUT2D eigenvalue weighted by Crippen LogP contribution is 2.21. The van der Waals surface area contributed by atoms with Gasteiger partial charge in [-0.25, -0.2) is 4.98 Å². The number of nitrogens with zero attached hydrogens (tertiary/aromatic N) is 4. The number of pyridine rings is 1. The number of piperazine rings is 1. The number of anilines is 2. The van der Waals surface area contributed by atoms with Crippen LogP contribution >= 0.6 is 11.6 Å². The number of carbonyl (C=O) groups is 1. The van der Waals surface area contributed by atoms with Crippen molar-refractivity contribution < 1.29 is 4.79 Å². The number of para-hydroxylation sites is 1. The van der Waals surface area contributed by atoms with Gasteiger partial charge in [-0.15, -0.1) is 0 Å². The standard InChI is InChI=1S/C19H18ClN5O/c20-16-5-1-2-6-17(16)23-19(26)15(13-21)14-24-9-11-25(12-10-24)18-7-3-4-8-22-18/h1-8,14H,9-12H2,(H,23,26)/b15-14-. The Labute approximate surface area is 157 Å². The number of nitrogens with one attached hydrogen (secondary N) is 1. The van der Waals surface area contributed by atoms with E-state index in [1.165, 1.54) is 0 Å². The summed E-state index contributed by atoms with van der Waals surface area (Å²) in [7, 11) is 0. The molecule has 1 aliphatic rings. The summed E-state index contributed by atoms with van der Waals surface area (Å²) in [6, 6.07) is 14.7. The lowest BCUT2D eigenvalue weighted by Gasteiger charge is -2.34. The van der Waals surface area contributed by atoms with Crippen LogP contribution in [-0.2, 0) is 4.79 Å². The molecule has 2 heterocycles. The van der Waals surface area contributed by atoms with Crippen LogP contribution < -0.4 is 10.2 Å². The Balaban J connectivity index is 1.62. The van der Waals surface area contributed by atoms with Crippen LogP contribution in [0.1, 0.15) is 0 Å². The zero-order valence-electron chi connectivity index (χ0n) is 14.1. The molecule has 0 saturated carbocycles. The number of rotatable bonds is 4. The van der Waals surface area contributed by atoms with Gasteiger partial charge in [-0.05, 0) is 24.3 Å². The molecule has 1 aliphatic heterocycles. The molecular formula is C19H18ClN5O. The molecule has 0 atom stereocenters. The molecule has 0 spiro atoms. The number of halogens is 1. The van der Waals surface area contributed by atoms with Crippen molar-refractivity contribution in [3.8, 4) is 6.07 Å². The van der Waals surface area contributed by atoms with Crippen LogP contribution in [0, 0.1) is 11.3 Å². The second kappa shape index (κ2) is 8.37. The molecule has 0 unspecified atom stereocenters. The first-order valence-corrected chi connectivity index (χ1v) is 8.63. The fraction of sp³-hybridized carbons (Fsp3) is 0.211. The Bertz CT molecular complexity index is 839. The zero-order chi connectivity index (χ0) is 18.4. The molecule has 1 N–H and O–H groups in total. The van der Waals surface area contributed by atoms with Crippen LogP contribution in [0.2, 0.25) is 5.02 Å². The van der Waals surface area contributed by atoms with Crippen LogP contribution in [-0.4, -0.2) is 42.0 Å². The maximum Gasteiger partial charge on any atom is 0.267 e. The summed E-state index contributed by atoms with van der Waals surface area (Å²) in [6.45, 7) is 2.97. The maximum atomic E-state index is 12.3. The minimum Gasteiger partial charge on any atom is -0.373 e. The molecule has 132 valence electrons. The van der Waals surface area contributed by atoms with Gasteiger partial charge in [-0.1, -0.05) is 29.8 Å². The van der Waals surface area contributed by atoms with Gasteiger partial charge in [0.15, 0.2) is 0 Å². The van der Waals surface area contributed by atoms with Crippen molar-refractivity contribution in [3.63, 3.8) is 0 Å². The molecule has 7 heteroatoms. The summed E-state index contributed by atoms with van der Waals surface area (Å²) in [4.78, 5) is 20.9. The van der Waals surface area contributed by atoms with E-state index in [1.807, 2.05) is 29.2 Å². The van der Waals surface area contributed by atoms with E-state index in [-0.39, 0.29) is 5.57 Å². The maximum absolute atomic E-state index is 12.3. The Morgan fingerprint density at radius 3 is 2.54 bits per heavy atom. The SMILES string of the molecule is N#C/C(=C/N1CCN(c2ccccn2)CC1)C(=O)Nc1ccccc1Cl. The second-order valence-corrected chi connectivity index (χ2v) is 6.21. The predicted molar refractivity (Wildman–Crippen MR) is 102 cm³/mol. The van der Waals surface area contributed by atoms with Crippen LogP contribution in [0.5, 0.6) is 0 Å². The first kappa shape index (κ1) is 17.8. The van der Waals surface area contributed by atoms with Gasteiger partial charge in [0.05, 0.1) is 10.7 Å². The highest BCUT2D eigenvalue weighted by atomic mass is 35.5. The largest absolute Gasteiger partial charge is 0.373 e. The third-order valence-corrected chi connectivity index (χ3v) is 4.42. The van der Waals surface area contributed by atoms with E-state index in [4.69, 9.17) is 11.6 Å². The Kier molecular flexibility index (Phi) is 5.72. The number of hydrogen-bond donors (Lipinski definition) is 1. The normalized spacial score (nSPS) is 14.7. The van der Waals surface area contributed by atoms with E-state index in [0.29, 0.717) is 23.8 Å². The summed E-state index contributed by atoms with van der Waals surface area (Å²) < 4.78 is 0. The van der Waals surface area contributed by atoms with Crippen LogP contribution in [0.25, 0.3) is 0 Å².